The van der Waals surface area contributed by atoms with Gasteiger partial charge in [-0.25, -0.2) is 8.42 Å². The largest absolute Gasteiger partial charge is 0.370 e. The molecule has 0 heterocycles. The summed E-state index contributed by atoms with van der Waals surface area (Å²) in [6.45, 7) is 2.35. The summed E-state index contributed by atoms with van der Waals surface area (Å²) in [7, 11) is -1.21. The highest BCUT2D eigenvalue weighted by Gasteiger charge is 2.29. The first kappa shape index (κ1) is 16.3. The first-order valence-electron chi connectivity index (χ1n) is 7.76. The van der Waals surface area contributed by atoms with Crippen LogP contribution in [0.4, 0.5) is 5.69 Å². The molecule has 1 saturated carbocycles. The van der Waals surface area contributed by atoms with Crippen LogP contribution in [0.2, 0.25) is 0 Å². The lowest BCUT2D eigenvalue weighted by atomic mass is 9.83. The molecular weight excluding hydrogens is 284 g/mol. The van der Waals surface area contributed by atoms with Gasteiger partial charge in [0.15, 0.2) is 9.84 Å². The summed E-state index contributed by atoms with van der Waals surface area (Å²) in [4.78, 5) is 2.58. The molecule has 118 valence electrons. The van der Waals surface area contributed by atoms with Crippen molar-refractivity contribution in [2.45, 2.75) is 43.5 Å². The van der Waals surface area contributed by atoms with Crippen LogP contribution in [0.1, 0.15) is 32.6 Å². The van der Waals surface area contributed by atoms with E-state index in [1.165, 1.54) is 12.8 Å². The Morgan fingerprint density at radius 1 is 1.24 bits per heavy atom. The van der Waals surface area contributed by atoms with Gasteiger partial charge in [0.2, 0.25) is 0 Å². The second kappa shape index (κ2) is 6.79. The van der Waals surface area contributed by atoms with Gasteiger partial charge in [-0.15, -0.1) is 0 Å². The van der Waals surface area contributed by atoms with E-state index in [9.17, 15) is 8.42 Å². The quantitative estimate of drug-likeness (QED) is 0.907. The van der Waals surface area contributed by atoms with Crippen molar-refractivity contribution in [2.24, 2.45) is 11.7 Å². The van der Waals surface area contributed by atoms with Crippen molar-refractivity contribution >= 4 is 15.5 Å². The second-order valence-corrected chi connectivity index (χ2v) is 8.08. The Balaban J connectivity index is 2.37. The minimum absolute atomic E-state index is 0.128. The maximum absolute atomic E-state index is 12.3. The first-order chi connectivity index (χ1) is 10.0. The first-order valence-corrected chi connectivity index (χ1v) is 9.41. The van der Waals surface area contributed by atoms with Crippen molar-refractivity contribution < 1.29 is 8.42 Å². The smallest absolute Gasteiger partial charge is 0.180 e. The molecule has 0 radical (unpaired) electrons. The molecule has 1 aliphatic carbocycles. The predicted octanol–water partition coefficient (Wildman–Crippen LogP) is 2.43. The lowest BCUT2D eigenvalue weighted by molar-refractivity contribution is 0.306. The van der Waals surface area contributed by atoms with Gasteiger partial charge in [-0.1, -0.05) is 31.9 Å². The van der Waals surface area contributed by atoms with E-state index in [-0.39, 0.29) is 5.75 Å². The third-order valence-corrected chi connectivity index (χ3v) is 6.40. The zero-order valence-electron chi connectivity index (χ0n) is 13.0. The van der Waals surface area contributed by atoms with Gasteiger partial charge in [-0.05, 0) is 37.4 Å². The fraction of sp³-hybridized carbons (Fsp3) is 0.625. The van der Waals surface area contributed by atoms with Gasteiger partial charge in [0.1, 0.15) is 0 Å². The van der Waals surface area contributed by atoms with E-state index in [1.54, 1.807) is 19.1 Å². The number of anilines is 1. The third-order valence-electron chi connectivity index (χ3n) is 4.63. The van der Waals surface area contributed by atoms with Crippen molar-refractivity contribution in [3.05, 3.63) is 24.3 Å². The molecule has 2 rings (SSSR count). The molecule has 21 heavy (non-hydrogen) atoms. The van der Waals surface area contributed by atoms with Crippen LogP contribution >= 0.6 is 0 Å². The van der Waals surface area contributed by atoms with Crippen LogP contribution in [-0.2, 0) is 9.84 Å². The van der Waals surface area contributed by atoms with Gasteiger partial charge in [0.05, 0.1) is 16.3 Å². The lowest BCUT2D eigenvalue weighted by Gasteiger charge is -2.39. The molecule has 0 amide bonds. The standard InChI is InChI=1S/C16H26N2O2S/c1-3-21(19,20)16-11-7-6-10-15(16)18(2)14-9-5-4-8-13(14)12-17/h6-7,10-11,13-14H,3-5,8-9,12,17H2,1-2H3. The van der Waals surface area contributed by atoms with Crippen LogP contribution in [0.15, 0.2) is 29.2 Å². The molecule has 5 heteroatoms. The van der Waals surface area contributed by atoms with Crippen LogP contribution in [0, 0.1) is 5.92 Å². The Kier molecular flexibility index (Phi) is 5.27. The minimum Gasteiger partial charge on any atom is -0.370 e. The summed E-state index contributed by atoms with van der Waals surface area (Å²) in [6.07, 6.45) is 4.63. The highest BCUT2D eigenvalue weighted by atomic mass is 32.2. The molecule has 1 aromatic rings. The van der Waals surface area contributed by atoms with Gasteiger partial charge in [0, 0.05) is 13.1 Å². The van der Waals surface area contributed by atoms with Crippen LogP contribution in [0.25, 0.3) is 0 Å². The maximum Gasteiger partial charge on any atom is 0.180 e. The summed E-state index contributed by atoms with van der Waals surface area (Å²) in [5.74, 6) is 0.573. The highest BCUT2D eigenvalue weighted by molar-refractivity contribution is 7.91. The van der Waals surface area contributed by atoms with Gasteiger partial charge in [-0.3, -0.25) is 0 Å². The van der Waals surface area contributed by atoms with Crippen molar-refractivity contribution in [3.8, 4) is 0 Å². The Bertz CT molecular complexity index is 571. The van der Waals surface area contributed by atoms with E-state index >= 15 is 0 Å². The van der Waals surface area contributed by atoms with Gasteiger partial charge < -0.3 is 10.6 Å². The molecule has 1 aliphatic rings. The van der Waals surface area contributed by atoms with E-state index in [1.807, 2.05) is 19.2 Å². The molecule has 0 spiro atoms. The molecule has 1 fully saturated rings. The SMILES string of the molecule is CCS(=O)(=O)c1ccccc1N(C)C1CCCCC1CN. The molecule has 2 N–H and O–H groups in total. The normalized spacial score (nSPS) is 23.0. The zero-order chi connectivity index (χ0) is 15.5. The molecule has 0 aromatic heterocycles. The number of rotatable bonds is 5. The summed E-state index contributed by atoms with van der Waals surface area (Å²) in [5, 5.41) is 0. The maximum atomic E-state index is 12.3. The van der Waals surface area contributed by atoms with Crippen LogP contribution in [-0.4, -0.2) is 33.8 Å². The average molecular weight is 310 g/mol. The number of nitrogens with two attached hydrogens (primary N) is 1. The molecule has 2 atom stereocenters. The van der Waals surface area contributed by atoms with Crippen molar-refractivity contribution in [3.63, 3.8) is 0 Å². The summed E-state index contributed by atoms with van der Waals surface area (Å²) < 4.78 is 24.6. The molecule has 0 bridgehead atoms. The zero-order valence-corrected chi connectivity index (χ0v) is 13.8. The molecule has 0 saturated heterocycles. The second-order valence-electron chi connectivity index (χ2n) is 5.83. The highest BCUT2D eigenvalue weighted by Crippen LogP contribution is 2.33. The predicted molar refractivity (Wildman–Crippen MR) is 87.4 cm³/mol. The topological polar surface area (TPSA) is 63.4 Å². The Hall–Kier alpha value is -1.07. The molecule has 1 aromatic carbocycles. The van der Waals surface area contributed by atoms with E-state index in [0.29, 0.717) is 23.4 Å². The van der Waals surface area contributed by atoms with Gasteiger partial charge >= 0.3 is 0 Å². The number of para-hydroxylation sites is 1. The molecular formula is C16H26N2O2S. The summed E-state index contributed by atoms with van der Waals surface area (Å²) >= 11 is 0. The van der Waals surface area contributed by atoms with Crippen molar-refractivity contribution in [2.75, 3.05) is 24.2 Å². The van der Waals surface area contributed by atoms with Crippen molar-refractivity contribution in [1.82, 2.24) is 0 Å². The summed E-state index contributed by atoms with van der Waals surface area (Å²) in [6, 6.07) is 7.65. The monoisotopic (exact) mass is 310 g/mol. The number of benzene rings is 1. The van der Waals surface area contributed by atoms with Gasteiger partial charge in [0.25, 0.3) is 0 Å². The lowest BCUT2D eigenvalue weighted by Crippen LogP contribution is -2.43. The number of nitrogens with zero attached hydrogens (tertiary/aromatic N) is 1. The van der Waals surface area contributed by atoms with E-state index in [2.05, 4.69) is 4.90 Å². The third kappa shape index (κ3) is 3.40. The van der Waals surface area contributed by atoms with Crippen molar-refractivity contribution in [1.29, 1.82) is 0 Å². The Morgan fingerprint density at radius 2 is 1.90 bits per heavy atom. The molecule has 4 nitrogen and oxygen atoms in total. The molecule has 0 aliphatic heterocycles. The van der Waals surface area contributed by atoms with E-state index in [4.69, 9.17) is 5.73 Å². The van der Waals surface area contributed by atoms with E-state index < -0.39 is 9.84 Å². The van der Waals surface area contributed by atoms with Crippen LogP contribution in [0.5, 0.6) is 0 Å². The summed E-state index contributed by atoms with van der Waals surface area (Å²) in [5.41, 5.74) is 6.72. The number of hydrogen-bond donors (Lipinski definition) is 1. The Labute approximate surface area is 128 Å². The fourth-order valence-electron chi connectivity index (χ4n) is 3.32. The Morgan fingerprint density at radius 3 is 2.57 bits per heavy atom. The average Bonchev–Trinajstić information content (AvgIpc) is 2.54. The molecule has 2 unspecified atom stereocenters. The number of sulfone groups is 1. The fourth-order valence-corrected chi connectivity index (χ4v) is 4.45. The van der Waals surface area contributed by atoms with E-state index in [0.717, 1.165) is 18.5 Å². The number of hydrogen-bond acceptors (Lipinski definition) is 4. The van der Waals surface area contributed by atoms with Gasteiger partial charge in [-0.2, -0.15) is 0 Å². The minimum atomic E-state index is -3.21. The van der Waals surface area contributed by atoms with Crippen LogP contribution in [0.3, 0.4) is 0 Å². The van der Waals surface area contributed by atoms with Crippen LogP contribution < -0.4 is 10.6 Å².